The second-order valence-corrected chi connectivity index (χ2v) is 6.93. The Labute approximate surface area is 180 Å². The van der Waals surface area contributed by atoms with Gasteiger partial charge in [0.2, 0.25) is 0 Å². The number of hydrogen-bond acceptors (Lipinski definition) is 5. The fourth-order valence-corrected chi connectivity index (χ4v) is 3.31. The molecular weight excluding hydrogens is 392 g/mol. The smallest absolute Gasteiger partial charge is 0.271 e. The van der Waals surface area contributed by atoms with Crippen LogP contribution < -0.4 is 15.2 Å². The van der Waals surface area contributed by atoms with Crippen LogP contribution in [0.15, 0.2) is 78.9 Å². The number of carbonyl (C=O) groups excluding carboxylic acids is 1. The predicted molar refractivity (Wildman–Crippen MR) is 118 cm³/mol. The largest absolute Gasteiger partial charge is 0.486 e. The van der Waals surface area contributed by atoms with Gasteiger partial charge in [-0.05, 0) is 35.9 Å². The Hall–Kier alpha value is -3.90. The van der Waals surface area contributed by atoms with Gasteiger partial charge in [0.05, 0.1) is 12.3 Å². The molecule has 0 aliphatic carbocycles. The molecule has 156 valence electrons. The maximum absolute atomic E-state index is 12.2. The lowest BCUT2D eigenvalue weighted by atomic mass is 10.1. The standard InChI is InChI=1S/C25H22N2O4/c1-29-16-22-21-14-19(31-18-10-6-3-7-11-18)12-13-20(21)24(23(27-22)25(26)28)30-15-17-8-4-2-5-9-17/h2-14H,15-16H2,1H3,(H2,26,28). The van der Waals surface area contributed by atoms with E-state index in [-0.39, 0.29) is 18.9 Å². The lowest BCUT2D eigenvalue weighted by Crippen LogP contribution is -2.17. The van der Waals surface area contributed by atoms with Crippen molar-refractivity contribution in [1.29, 1.82) is 0 Å². The molecule has 1 amide bonds. The van der Waals surface area contributed by atoms with Crippen molar-refractivity contribution >= 4 is 16.7 Å². The Kier molecular flexibility index (Phi) is 6.10. The molecule has 2 N–H and O–H groups in total. The van der Waals surface area contributed by atoms with E-state index >= 15 is 0 Å². The Morgan fingerprint density at radius 2 is 1.58 bits per heavy atom. The van der Waals surface area contributed by atoms with Crippen molar-refractivity contribution < 1.29 is 19.0 Å². The third kappa shape index (κ3) is 4.65. The summed E-state index contributed by atoms with van der Waals surface area (Å²) in [6.07, 6.45) is 0. The molecule has 4 rings (SSSR count). The maximum Gasteiger partial charge on any atom is 0.271 e. The van der Waals surface area contributed by atoms with E-state index in [4.69, 9.17) is 19.9 Å². The first-order chi connectivity index (χ1) is 15.2. The number of amides is 1. The monoisotopic (exact) mass is 414 g/mol. The number of aromatic nitrogens is 1. The molecule has 1 aromatic heterocycles. The molecule has 0 fully saturated rings. The molecule has 0 unspecified atom stereocenters. The van der Waals surface area contributed by atoms with E-state index in [9.17, 15) is 4.79 Å². The molecule has 31 heavy (non-hydrogen) atoms. The van der Waals surface area contributed by atoms with Gasteiger partial charge in [0.1, 0.15) is 18.1 Å². The number of nitrogens with two attached hydrogens (primary N) is 1. The molecular formula is C25H22N2O4. The van der Waals surface area contributed by atoms with Gasteiger partial charge in [-0.25, -0.2) is 4.98 Å². The zero-order valence-corrected chi connectivity index (χ0v) is 17.1. The van der Waals surface area contributed by atoms with Gasteiger partial charge < -0.3 is 19.9 Å². The van der Waals surface area contributed by atoms with E-state index in [1.54, 1.807) is 7.11 Å². The van der Waals surface area contributed by atoms with Crippen molar-refractivity contribution in [1.82, 2.24) is 4.98 Å². The number of primary amides is 1. The molecule has 0 saturated carbocycles. The summed E-state index contributed by atoms with van der Waals surface area (Å²) in [7, 11) is 1.57. The summed E-state index contributed by atoms with van der Waals surface area (Å²) in [6.45, 7) is 0.494. The number of methoxy groups -OCH3 is 1. The second-order valence-electron chi connectivity index (χ2n) is 6.93. The molecule has 6 heteroatoms. The third-order valence-electron chi connectivity index (χ3n) is 4.73. The van der Waals surface area contributed by atoms with Gasteiger partial charge in [-0.15, -0.1) is 0 Å². The van der Waals surface area contributed by atoms with Crippen LogP contribution in [0, 0.1) is 0 Å². The van der Waals surface area contributed by atoms with Crippen LogP contribution in [0.3, 0.4) is 0 Å². The first kappa shape index (κ1) is 20.4. The highest BCUT2D eigenvalue weighted by atomic mass is 16.5. The van der Waals surface area contributed by atoms with Crippen molar-refractivity contribution in [2.75, 3.05) is 7.11 Å². The summed E-state index contributed by atoms with van der Waals surface area (Å²) in [5.41, 5.74) is 7.25. The molecule has 0 spiro atoms. The average molecular weight is 414 g/mol. The number of pyridine rings is 1. The number of fused-ring (bicyclic) bond motifs is 1. The Morgan fingerprint density at radius 1 is 0.871 bits per heavy atom. The number of hydrogen-bond donors (Lipinski definition) is 1. The Balaban J connectivity index is 1.79. The second kappa shape index (κ2) is 9.28. The first-order valence-corrected chi connectivity index (χ1v) is 9.80. The summed E-state index contributed by atoms with van der Waals surface area (Å²) in [4.78, 5) is 16.6. The summed E-state index contributed by atoms with van der Waals surface area (Å²) in [5.74, 6) is 1.04. The third-order valence-corrected chi connectivity index (χ3v) is 4.73. The highest BCUT2D eigenvalue weighted by Gasteiger charge is 2.20. The van der Waals surface area contributed by atoms with Crippen LogP contribution in [-0.2, 0) is 18.0 Å². The number of nitrogens with zero attached hydrogens (tertiary/aromatic N) is 1. The fourth-order valence-electron chi connectivity index (χ4n) is 3.31. The van der Waals surface area contributed by atoms with Gasteiger partial charge in [-0.2, -0.15) is 0 Å². The van der Waals surface area contributed by atoms with Gasteiger partial charge in [-0.3, -0.25) is 4.79 Å². The lowest BCUT2D eigenvalue weighted by molar-refractivity contribution is 0.0990. The number of ether oxygens (including phenoxy) is 3. The fraction of sp³-hybridized carbons (Fsp3) is 0.120. The van der Waals surface area contributed by atoms with Crippen LogP contribution in [0.5, 0.6) is 17.2 Å². The molecule has 0 aliphatic heterocycles. The molecule has 0 saturated heterocycles. The van der Waals surface area contributed by atoms with E-state index in [0.717, 1.165) is 16.7 Å². The molecule has 3 aromatic carbocycles. The predicted octanol–water partition coefficient (Wildman–Crippen LogP) is 4.85. The molecule has 0 atom stereocenters. The van der Waals surface area contributed by atoms with Crippen LogP contribution in [0.1, 0.15) is 21.7 Å². The molecule has 6 nitrogen and oxygen atoms in total. The topological polar surface area (TPSA) is 83.7 Å². The normalized spacial score (nSPS) is 10.7. The van der Waals surface area contributed by atoms with Gasteiger partial charge >= 0.3 is 0 Å². The Morgan fingerprint density at radius 3 is 2.26 bits per heavy atom. The van der Waals surface area contributed by atoms with E-state index < -0.39 is 5.91 Å². The molecule has 0 aliphatic rings. The molecule has 0 radical (unpaired) electrons. The number of carbonyl (C=O) groups is 1. The number of para-hydroxylation sites is 1. The van der Waals surface area contributed by atoms with Crippen LogP contribution in [0.4, 0.5) is 0 Å². The van der Waals surface area contributed by atoms with Crippen LogP contribution in [0.25, 0.3) is 10.8 Å². The van der Waals surface area contributed by atoms with Crippen LogP contribution in [0.2, 0.25) is 0 Å². The van der Waals surface area contributed by atoms with E-state index in [1.165, 1.54) is 0 Å². The van der Waals surface area contributed by atoms with Crippen molar-refractivity contribution in [2.45, 2.75) is 13.2 Å². The molecule has 0 bridgehead atoms. The van der Waals surface area contributed by atoms with E-state index in [0.29, 0.717) is 22.6 Å². The lowest BCUT2D eigenvalue weighted by Gasteiger charge is -2.16. The van der Waals surface area contributed by atoms with Crippen molar-refractivity contribution in [2.24, 2.45) is 5.73 Å². The maximum atomic E-state index is 12.2. The van der Waals surface area contributed by atoms with E-state index in [2.05, 4.69) is 4.98 Å². The minimum Gasteiger partial charge on any atom is -0.486 e. The minimum atomic E-state index is -0.660. The minimum absolute atomic E-state index is 0.0761. The number of benzene rings is 3. The van der Waals surface area contributed by atoms with Gasteiger partial charge in [0.15, 0.2) is 11.4 Å². The van der Waals surface area contributed by atoms with Crippen LogP contribution in [-0.4, -0.2) is 18.0 Å². The van der Waals surface area contributed by atoms with Crippen molar-refractivity contribution in [3.63, 3.8) is 0 Å². The summed E-state index contributed by atoms with van der Waals surface area (Å²) < 4.78 is 17.3. The molecule has 4 aromatic rings. The summed E-state index contributed by atoms with van der Waals surface area (Å²) >= 11 is 0. The van der Waals surface area contributed by atoms with Gasteiger partial charge in [-0.1, -0.05) is 48.5 Å². The van der Waals surface area contributed by atoms with Crippen molar-refractivity contribution in [3.8, 4) is 17.2 Å². The summed E-state index contributed by atoms with van der Waals surface area (Å²) in [5, 5.41) is 1.48. The zero-order valence-electron chi connectivity index (χ0n) is 17.1. The molecule has 1 heterocycles. The average Bonchev–Trinajstić information content (AvgIpc) is 2.79. The van der Waals surface area contributed by atoms with Crippen molar-refractivity contribution in [3.05, 3.63) is 95.8 Å². The van der Waals surface area contributed by atoms with Crippen LogP contribution >= 0.6 is 0 Å². The Bertz CT molecular complexity index is 1190. The quantitative estimate of drug-likeness (QED) is 0.445. The van der Waals surface area contributed by atoms with Gasteiger partial charge in [0.25, 0.3) is 5.91 Å². The first-order valence-electron chi connectivity index (χ1n) is 9.80. The number of rotatable bonds is 8. The van der Waals surface area contributed by atoms with Gasteiger partial charge in [0, 0.05) is 17.9 Å². The highest BCUT2D eigenvalue weighted by Crippen LogP contribution is 2.35. The van der Waals surface area contributed by atoms with E-state index in [1.807, 2.05) is 78.9 Å². The SMILES string of the molecule is COCc1nc(C(N)=O)c(OCc2ccccc2)c2ccc(Oc3ccccc3)cc12. The zero-order chi connectivity index (χ0) is 21.6. The highest BCUT2D eigenvalue weighted by molar-refractivity contribution is 6.02. The summed E-state index contributed by atoms with van der Waals surface area (Å²) in [6, 6.07) is 24.7.